The molecule has 1 aromatic heterocycles. The van der Waals surface area contributed by atoms with Crippen LogP contribution in [0.3, 0.4) is 0 Å². The quantitative estimate of drug-likeness (QED) is 0.699. The van der Waals surface area contributed by atoms with Gasteiger partial charge in [-0.05, 0) is 19.1 Å². The van der Waals surface area contributed by atoms with Crippen LogP contribution in [0.1, 0.15) is 19.0 Å². The molecule has 6 heteroatoms. The van der Waals surface area contributed by atoms with Crippen LogP contribution in [-0.4, -0.2) is 36.4 Å². The Bertz CT molecular complexity index is 410. The van der Waals surface area contributed by atoms with Crippen LogP contribution in [0.4, 0.5) is 5.82 Å². The second-order valence-electron chi connectivity index (χ2n) is 3.29. The normalized spacial score (nSPS) is 9.47. The van der Waals surface area contributed by atoms with E-state index in [0.717, 1.165) is 0 Å². The summed E-state index contributed by atoms with van der Waals surface area (Å²) in [6, 6.07) is 5.22. The molecule has 0 N–H and O–H groups in total. The largest absolute Gasteiger partial charge is 0.469 e. The van der Waals surface area contributed by atoms with E-state index in [4.69, 9.17) is 5.26 Å². The van der Waals surface area contributed by atoms with Crippen molar-refractivity contribution < 1.29 is 9.53 Å². The minimum Gasteiger partial charge on any atom is -0.469 e. The number of methoxy groups -OCH3 is 1. The zero-order valence-electron chi connectivity index (χ0n) is 9.88. The number of carbonyl (C=O) groups is 1. The Hall–Kier alpha value is -2.16. The van der Waals surface area contributed by atoms with Crippen molar-refractivity contribution in [2.75, 3.05) is 25.1 Å². The van der Waals surface area contributed by atoms with Gasteiger partial charge in [-0.2, -0.15) is 5.26 Å². The highest BCUT2D eigenvalue weighted by Crippen LogP contribution is 2.09. The molecule has 1 aromatic rings. The zero-order chi connectivity index (χ0) is 12.7. The van der Waals surface area contributed by atoms with Gasteiger partial charge in [-0.3, -0.25) is 4.79 Å². The van der Waals surface area contributed by atoms with E-state index in [0.29, 0.717) is 25.3 Å². The Morgan fingerprint density at radius 1 is 1.53 bits per heavy atom. The smallest absolute Gasteiger partial charge is 0.307 e. The van der Waals surface area contributed by atoms with E-state index in [2.05, 4.69) is 14.9 Å². The van der Waals surface area contributed by atoms with Crippen LogP contribution in [-0.2, 0) is 9.53 Å². The standard InChI is InChI=1S/C11H14N4O2/c1-3-15(7-6-11(16)17-2)10-5-4-9(8-12)13-14-10/h4-5H,3,6-7H2,1-2H3. The third kappa shape index (κ3) is 3.72. The number of esters is 1. The van der Waals surface area contributed by atoms with Crippen LogP contribution in [0, 0.1) is 11.3 Å². The van der Waals surface area contributed by atoms with Gasteiger partial charge >= 0.3 is 5.97 Å². The van der Waals surface area contributed by atoms with Crippen molar-refractivity contribution in [3.05, 3.63) is 17.8 Å². The van der Waals surface area contributed by atoms with Crippen LogP contribution >= 0.6 is 0 Å². The minimum atomic E-state index is -0.259. The lowest BCUT2D eigenvalue weighted by Crippen LogP contribution is -2.27. The molecule has 0 saturated carbocycles. The van der Waals surface area contributed by atoms with Gasteiger partial charge in [-0.15, -0.1) is 10.2 Å². The molecule has 17 heavy (non-hydrogen) atoms. The molecule has 0 aliphatic heterocycles. The summed E-state index contributed by atoms with van der Waals surface area (Å²) in [5, 5.41) is 16.3. The van der Waals surface area contributed by atoms with Crippen LogP contribution in [0.25, 0.3) is 0 Å². The summed E-state index contributed by atoms with van der Waals surface area (Å²) in [6.45, 7) is 3.18. The fraction of sp³-hybridized carbons (Fsp3) is 0.455. The molecule has 0 saturated heterocycles. The fourth-order valence-corrected chi connectivity index (χ4v) is 1.32. The van der Waals surface area contributed by atoms with Gasteiger partial charge in [0.05, 0.1) is 13.5 Å². The van der Waals surface area contributed by atoms with Crippen LogP contribution in [0.2, 0.25) is 0 Å². The predicted molar refractivity (Wildman–Crippen MR) is 61.3 cm³/mol. The van der Waals surface area contributed by atoms with E-state index < -0.39 is 0 Å². The molecule has 0 aliphatic rings. The van der Waals surface area contributed by atoms with E-state index in [9.17, 15) is 4.79 Å². The average Bonchev–Trinajstić information content (AvgIpc) is 2.39. The third-order valence-corrected chi connectivity index (χ3v) is 2.28. The van der Waals surface area contributed by atoms with E-state index in [-0.39, 0.29) is 11.7 Å². The molecule has 0 aliphatic carbocycles. The van der Waals surface area contributed by atoms with Crippen LogP contribution in [0.15, 0.2) is 12.1 Å². The zero-order valence-corrected chi connectivity index (χ0v) is 9.88. The first-order valence-electron chi connectivity index (χ1n) is 5.26. The number of aromatic nitrogens is 2. The number of nitrogens with zero attached hydrogens (tertiary/aromatic N) is 4. The Balaban J connectivity index is 2.66. The third-order valence-electron chi connectivity index (χ3n) is 2.28. The maximum Gasteiger partial charge on any atom is 0.307 e. The molecular formula is C11H14N4O2. The molecule has 0 aromatic carbocycles. The van der Waals surface area contributed by atoms with E-state index in [1.807, 2.05) is 17.9 Å². The first-order chi connectivity index (χ1) is 8.21. The van der Waals surface area contributed by atoms with Gasteiger partial charge in [-0.1, -0.05) is 0 Å². The fourth-order valence-electron chi connectivity index (χ4n) is 1.32. The molecular weight excluding hydrogens is 220 g/mol. The number of rotatable bonds is 5. The summed E-state index contributed by atoms with van der Waals surface area (Å²) in [6.07, 6.45) is 0.298. The summed E-state index contributed by atoms with van der Waals surface area (Å²) < 4.78 is 4.57. The van der Waals surface area contributed by atoms with Crippen molar-refractivity contribution in [3.63, 3.8) is 0 Å². The number of hydrogen-bond acceptors (Lipinski definition) is 6. The van der Waals surface area contributed by atoms with Crippen molar-refractivity contribution in [2.24, 2.45) is 0 Å². The predicted octanol–water partition coefficient (Wildman–Crippen LogP) is 0.738. The van der Waals surface area contributed by atoms with Crippen molar-refractivity contribution in [1.29, 1.82) is 5.26 Å². The van der Waals surface area contributed by atoms with Gasteiger partial charge in [-0.25, -0.2) is 0 Å². The first kappa shape index (κ1) is 12.9. The molecule has 0 bridgehead atoms. The summed E-state index contributed by atoms with van der Waals surface area (Å²) >= 11 is 0. The molecule has 0 atom stereocenters. The Kier molecular flexibility index (Phi) is 4.88. The lowest BCUT2D eigenvalue weighted by molar-refractivity contribution is -0.140. The summed E-state index contributed by atoms with van der Waals surface area (Å²) in [5.74, 6) is 0.389. The second kappa shape index (κ2) is 6.43. The summed E-state index contributed by atoms with van der Waals surface area (Å²) in [5.41, 5.74) is 0.276. The molecule has 0 radical (unpaired) electrons. The van der Waals surface area contributed by atoms with Crippen molar-refractivity contribution in [1.82, 2.24) is 10.2 Å². The van der Waals surface area contributed by atoms with Crippen molar-refractivity contribution >= 4 is 11.8 Å². The van der Waals surface area contributed by atoms with Gasteiger partial charge in [0.15, 0.2) is 11.5 Å². The molecule has 1 heterocycles. The first-order valence-corrected chi connectivity index (χ1v) is 5.26. The Morgan fingerprint density at radius 2 is 2.29 bits per heavy atom. The van der Waals surface area contributed by atoms with E-state index in [1.165, 1.54) is 7.11 Å². The Morgan fingerprint density at radius 3 is 2.76 bits per heavy atom. The van der Waals surface area contributed by atoms with Gasteiger partial charge in [0.2, 0.25) is 0 Å². The highest BCUT2D eigenvalue weighted by Gasteiger charge is 2.09. The Labute approximate surface area is 99.8 Å². The molecule has 90 valence electrons. The molecule has 0 spiro atoms. The highest BCUT2D eigenvalue weighted by atomic mass is 16.5. The van der Waals surface area contributed by atoms with Crippen molar-refractivity contribution in [2.45, 2.75) is 13.3 Å². The van der Waals surface area contributed by atoms with Crippen LogP contribution < -0.4 is 4.90 Å². The van der Waals surface area contributed by atoms with Crippen LogP contribution in [0.5, 0.6) is 0 Å². The number of carbonyl (C=O) groups excluding carboxylic acids is 1. The molecule has 0 amide bonds. The second-order valence-corrected chi connectivity index (χ2v) is 3.29. The molecule has 0 fully saturated rings. The maximum atomic E-state index is 11.0. The van der Waals surface area contributed by atoms with Gasteiger partial charge in [0, 0.05) is 13.1 Å². The minimum absolute atomic E-state index is 0.259. The lowest BCUT2D eigenvalue weighted by atomic mass is 10.3. The van der Waals surface area contributed by atoms with E-state index in [1.54, 1.807) is 12.1 Å². The molecule has 1 rings (SSSR count). The van der Waals surface area contributed by atoms with Gasteiger partial charge < -0.3 is 9.64 Å². The summed E-state index contributed by atoms with van der Waals surface area (Å²) in [4.78, 5) is 12.9. The lowest BCUT2D eigenvalue weighted by Gasteiger charge is -2.20. The summed E-state index contributed by atoms with van der Waals surface area (Å²) in [7, 11) is 1.36. The number of nitriles is 1. The van der Waals surface area contributed by atoms with Crippen molar-refractivity contribution in [3.8, 4) is 6.07 Å². The topological polar surface area (TPSA) is 79.1 Å². The SMILES string of the molecule is CCN(CCC(=O)OC)c1ccc(C#N)nn1. The number of ether oxygens (including phenoxy) is 1. The maximum absolute atomic E-state index is 11.0. The highest BCUT2D eigenvalue weighted by molar-refractivity contribution is 5.69. The average molecular weight is 234 g/mol. The number of anilines is 1. The molecule has 0 unspecified atom stereocenters. The molecule has 6 nitrogen and oxygen atoms in total. The monoisotopic (exact) mass is 234 g/mol. The van der Waals surface area contributed by atoms with Gasteiger partial charge in [0.25, 0.3) is 0 Å². The number of hydrogen-bond donors (Lipinski definition) is 0. The van der Waals surface area contributed by atoms with Gasteiger partial charge in [0.1, 0.15) is 6.07 Å². The van der Waals surface area contributed by atoms with E-state index >= 15 is 0 Å².